The second-order valence-corrected chi connectivity index (χ2v) is 5.14. The van der Waals surface area contributed by atoms with E-state index in [0.717, 1.165) is 16.7 Å². The van der Waals surface area contributed by atoms with E-state index in [9.17, 15) is 0 Å². The zero-order valence-electron chi connectivity index (χ0n) is 13.9. The maximum Gasteiger partial charge on any atom is 0.258 e. The molecule has 6 heteroatoms. The molecule has 3 aromatic rings. The highest BCUT2D eigenvalue weighted by molar-refractivity contribution is 5.64. The topological polar surface area (TPSA) is 70.3 Å². The Bertz CT molecular complexity index is 830. The minimum Gasteiger partial charge on any atom is -0.490 e. The highest BCUT2D eigenvalue weighted by Gasteiger charge is 2.15. The van der Waals surface area contributed by atoms with Crippen LogP contribution in [0.5, 0.6) is 11.5 Å². The molecule has 0 amide bonds. The molecule has 124 valence electrons. The van der Waals surface area contributed by atoms with Gasteiger partial charge in [0.1, 0.15) is 0 Å². The van der Waals surface area contributed by atoms with Crippen LogP contribution in [0.25, 0.3) is 22.8 Å². The lowest BCUT2D eigenvalue weighted by Gasteiger charge is -2.11. The van der Waals surface area contributed by atoms with Crippen LogP contribution in [0, 0.1) is 6.92 Å². The van der Waals surface area contributed by atoms with Crippen LogP contribution in [0.4, 0.5) is 0 Å². The molecule has 0 unspecified atom stereocenters. The first-order chi connectivity index (χ1) is 11.7. The maximum atomic E-state index is 5.64. The zero-order chi connectivity index (χ0) is 16.9. The fraction of sp³-hybridized carbons (Fsp3) is 0.278. The summed E-state index contributed by atoms with van der Waals surface area (Å²) in [6, 6.07) is 7.45. The summed E-state index contributed by atoms with van der Waals surface area (Å²) in [5, 5.41) is 4.07. The summed E-state index contributed by atoms with van der Waals surface area (Å²) in [6.07, 6.45) is 3.48. The lowest BCUT2D eigenvalue weighted by atomic mass is 10.1. The van der Waals surface area contributed by atoms with Crippen molar-refractivity contribution in [2.45, 2.75) is 20.8 Å². The van der Waals surface area contributed by atoms with Crippen LogP contribution in [-0.2, 0) is 0 Å². The van der Waals surface area contributed by atoms with E-state index in [1.807, 2.05) is 45.0 Å². The number of aromatic nitrogens is 3. The largest absolute Gasteiger partial charge is 0.490 e. The number of benzene rings is 1. The zero-order valence-corrected chi connectivity index (χ0v) is 13.9. The van der Waals surface area contributed by atoms with Crippen LogP contribution in [0.2, 0.25) is 0 Å². The molecule has 1 aromatic carbocycles. The van der Waals surface area contributed by atoms with Gasteiger partial charge < -0.3 is 14.0 Å². The fourth-order valence-electron chi connectivity index (χ4n) is 2.36. The highest BCUT2D eigenvalue weighted by atomic mass is 16.5. The van der Waals surface area contributed by atoms with E-state index in [2.05, 4.69) is 15.1 Å². The molecule has 6 nitrogen and oxygen atoms in total. The molecule has 0 bridgehead atoms. The molecule has 0 saturated heterocycles. The lowest BCUT2D eigenvalue weighted by Crippen LogP contribution is -1.98. The first kappa shape index (κ1) is 16.0. The molecule has 0 saturated carbocycles. The Hall–Kier alpha value is -2.89. The third-order valence-electron chi connectivity index (χ3n) is 3.48. The summed E-state index contributed by atoms with van der Waals surface area (Å²) in [5.74, 6) is 2.34. The van der Waals surface area contributed by atoms with Gasteiger partial charge in [-0.25, -0.2) is 0 Å². The lowest BCUT2D eigenvalue weighted by molar-refractivity contribution is 0.288. The van der Waals surface area contributed by atoms with Gasteiger partial charge >= 0.3 is 0 Å². The molecular weight excluding hydrogens is 306 g/mol. The van der Waals surface area contributed by atoms with Gasteiger partial charge in [0.05, 0.1) is 13.2 Å². The van der Waals surface area contributed by atoms with E-state index in [0.29, 0.717) is 36.4 Å². The predicted molar refractivity (Wildman–Crippen MR) is 90.0 cm³/mol. The maximum absolute atomic E-state index is 5.64. The average molecular weight is 325 g/mol. The van der Waals surface area contributed by atoms with Gasteiger partial charge in [-0.1, -0.05) is 5.16 Å². The van der Waals surface area contributed by atoms with Gasteiger partial charge in [0.25, 0.3) is 5.89 Å². The molecule has 2 aromatic heterocycles. The number of nitrogens with zero attached hydrogens (tertiary/aromatic N) is 3. The van der Waals surface area contributed by atoms with E-state index < -0.39 is 0 Å². The summed E-state index contributed by atoms with van der Waals surface area (Å²) < 4.78 is 16.6. The third kappa shape index (κ3) is 3.22. The van der Waals surface area contributed by atoms with Crippen LogP contribution in [0.3, 0.4) is 0 Å². The molecule has 0 aliphatic heterocycles. The number of rotatable bonds is 6. The molecule has 0 atom stereocenters. The van der Waals surface area contributed by atoms with E-state index in [1.54, 1.807) is 12.4 Å². The monoisotopic (exact) mass is 325 g/mol. The molecule has 0 spiro atoms. The fourth-order valence-corrected chi connectivity index (χ4v) is 2.36. The summed E-state index contributed by atoms with van der Waals surface area (Å²) >= 11 is 0. The van der Waals surface area contributed by atoms with Crippen LogP contribution in [0.15, 0.2) is 41.2 Å². The molecule has 0 aliphatic carbocycles. The van der Waals surface area contributed by atoms with Crippen LogP contribution >= 0.6 is 0 Å². The molecule has 2 heterocycles. The first-order valence-electron chi connectivity index (χ1n) is 7.87. The van der Waals surface area contributed by atoms with Crippen LogP contribution in [0.1, 0.15) is 19.4 Å². The van der Waals surface area contributed by atoms with Crippen molar-refractivity contribution in [3.05, 3.63) is 42.2 Å². The van der Waals surface area contributed by atoms with Crippen molar-refractivity contribution in [3.8, 4) is 34.3 Å². The van der Waals surface area contributed by atoms with Crippen molar-refractivity contribution < 1.29 is 14.0 Å². The van der Waals surface area contributed by atoms with Gasteiger partial charge in [0.15, 0.2) is 11.5 Å². The molecular formula is C18H19N3O3. The highest BCUT2D eigenvalue weighted by Crippen LogP contribution is 2.33. The number of hydrogen-bond acceptors (Lipinski definition) is 6. The van der Waals surface area contributed by atoms with Crippen LogP contribution in [-0.4, -0.2) is 28.3 Å². The second kappa shape index (κ2) is 7.12. The summed E-state index contributed by atoms with van der Waals surface area (Å²) in [5.41, 5.74) is 2.68. The van der Waals surface area contributed by atoms with Crippen molar-refractivity contribution in [2.24, 2.45) is 0 Å². The van der Waals surface area contributed by atoms with Gasteiger partial charge in [0.2, 0.25) is 5.82 Å². The standard InChI is InChI=1S/C18H19N3O3/c1-4-22-15-7-6-13(10-16(15)23-5-2)18-20-17(21-24-18)14-8-9-19-11-12(14)3/h6-11H,4-5H2,1-3H3. The minimum atomic E-state index is 0.435. The van der Waals surface area contributed by atoms with Gasteiger partial charge in [-0.05, 0) is 50.6 Å². The summed E-state index contributed by atoms with van der Waals surface area (Å²) in [6.45, 7) is 6.95. The van der Waals surface area contributed by atoms with E-state index in [-0.39, 0.29) is 0 Å². The van der Waals surface area contributed by atoms with Crippen molar-refractivity contribution in [1.82, 2.24) is 15.1 Å². The van der Waals surface area contributed by atoms with Crippen molar-refractivity contribution in [3.63, 3.8) is 0 Å². The number of ether oxygens (including phenoxy) is 2. The second-order valence-electron chi connectivity index (χ2n) is 5.14. The molecule has 3 rings (SSSR count). The Labute approximate surface area is 140 Å². The number of hydrogen-bond donors (Lipinski definition) is 0. The Morgan fingerprint density at radius 1 is 1.04 bits per heavy atom. The summed E-state index contributed by atoms with van der Waals surface area (Å²) in [4.78, 5) is 8.56. The Morgan fingerprint density at radius 2 is 1.83 bits per heavy atom. The van der Waals surface area contributed by atoms with Crippen molar-refractivity contribution >= 4 is 0 Å². The Balaban J connectivity index is 1.95. The molecule has 0 N–H and O–H groups in total. The molecule has 0 radical (unpaired) electrons. The quantitative estimate of drug-likeness (QED) is 0.684. The smallest absolute Gasteiger partial charge is 0.258 e. The van der Waals surface area contributed by atoms with Gasteiger partial charge in [-0.15, -0.1) is 0 Å². The third-order valence-corrected chi connectivity index (χ3v) is 3.48. The normalized spacial score (nSPS) is 10.6. The number of pyridine rings is 1. The SMILES string of the molecule is CCOc1ccc(-c2nc(-c3ccncc3C)no2)cc1OCC. The van der Waals surface area contributed by atoms with Gasteiger partial charge in [-0.2, -0.15) is 4.98 Å². The minimum absolute atomic E-state index is 0.435. The molecule has 0 fully saturated rings. The molecule has 24 heavy (non-hydrogen) atoms. The average Bonchev–Trinajstić information content (AvgIpc) is 3.07. The summed E-state index contributed by atoms with van der Waals surface area (Å²) in [7, 11) is 0. The van der Waals surface area contributed by atoms with Gasteiger partial charge in [-0.3, -0.25) is 4.98 Å². The van der Waals surface area contributed by atoms with E-state index in [1.165, 1.54) is 0 Å². The van der Waals surface area contributed by atoms with Crippen molar-refractivity contribution in [1.29, 1.82) is 0 Å². The van der Waals surface area contributed by atoms with E-state index in [4.69, 9.17) is 14.0 Å². The van der Waals surface area contributed by atoms with Crippen molar-refractivity contribution in [2.75, 3.05) is 13.2 Å². The van der Waals surface area contributed by atoms with Gasteiger partial charge in [0, 0.05) is 23.5 Å². The molecule has 0 aliphatic rings. The first-order valence-corrected chi connectivity index (χ1v) is 7.87. The number of aryl methyl sites for hydroxylation is 1. The van der Waals surface area contributed by atoms with E-state index >= 15 is 0 Å². The predicted octanol–water partition coefficient (Wildman–Crippen LogP) is 3.90. The Morgan fingerprint density at radius 3 is 2.58 bits per heavy atom. The Kier molecular flexibility index (Phi) is 4.74. The van der Waals surface area contributed by atoms with Crippen LogP contribution < -0.4 is 9.47 Å².